The molecule has 1 amide bonds. The zero-order valence-electron chi connectivity index (χ0n) is 11.8. The summed E-state index contributed by atoms with van der Waals surface area (Å²) < 4.78 is 10.4. The fourth-order valence-corrected chi connectivity index (χ4v) is 1.98. The first kappa shape index (κ1) is 13.8. The fourth-order valence-electron chi connectivity index (χ4n) is 1.98. The van der Waals surface area contributed by atoms with Crippen LogP contribution in [0.15, 0.2) is 53.1 Å². The van der Waals surface area contributed by atoms with Gasteiger partial charge in [0.2, 0.25) is 11.7 Å². The van der Waals surface area contributed by atoms with Gasteiger partial charge in [-0.15, -0.1) is 0 Å². The topological polar surface area (TPSA) is 91.2 Å². The monoisotopic (exact) mass is 295 g/mol. The molecule has 6 heteroatoms. The Labute approximate surface area is 126 Å². The molecule has 0 aliphatic carbocycles. The van der Waals surface area contributed by atoms with E-state index < -0.39 is 5.91 Å². The van der Waals surface area contributed by atoms with Crippen molar-refractivity contribution in [2.24, 2.45) is 5.73 Å². The first-order valence-corrected chi connectivity index (χ1v) is 6.56. The Morgan fingerprint density at radius 1 is 1.05 bits per heavy atom. The molecular weight excluding hydrogens is 282 g/mol. The molecule has 1 heterocycles. The summed E-state index contributed by atoms with van der Waals surface area (Å²) in [6, 6.07) is 14.0. The van der Waals surface area contributed by atoms with Gasteiger partial charge in [0, 0.05) is 16.7 Å². The largest absolute Gasteiger partial charge is 0.497 e. The quantitative estimate of drug-likeness (QED) is 0.798. The van der Waals surface area contributed by atoms with Crippen molar-refractivity contribution in [3.05, 3.63) is 54.1 Å². The number of hydrogen-bond acceptors (Lipinski definition) is 5. The zero-order chi connectivity index (χ0) is 15.5. The highest BCUT2D eigenvalue weighted by atomic mass is 16.5. The van der Waals surface area contributed by atoms with E-state index in [4.69, 9.17) is 15.0 Å². The average Bonchev–Trinajstić information content (AvgIpc) is 3.05. The number of benzene rings is 2. The second-order valence-corrected chi connectivity index (χ2v) is 4.59. The highest BCUT2D eigenvalue weighted by molar-refractivity contribution is 5.93. The SMILES string of the molecule is COc1ccc(-c2noc(-c3ccc(C(N)=O)cc3)n2)cc1. The average molecular weight is 295 g/mol. The van der Waals surface area contributed by atoms with Gasteiger partial charge in [0.15, 0.2) is 0 Å². The minimum Gasteiger partial charge on any atom is -0.497 e. The lowest BCUT2D eigenvalue weighted by Gasteiger charge is -1.99. The van der Waals surface area contributed by atoms with Crippen molar-refractivity contribution in [3.63, 3.8) is 0 Å². The molecule has 110 valence electrons. The Balaban J connectivity index is 1.87. The molecule has 0 spiro atoms. The summed E-state index contributed by atoms with van der Waals surface area (Å²) in [5.74, 6) is 1.14. The van der Waals surface area contributed by atoms with Crippen molar-refractivity contribution in [1.82, 2.24) is 10.1 Å². The van der Waals surface area contributed by atoms with Gasteiger partial charge in [-0.25, -0.2) is 0 Å². The third-order valence-corrected chi connectivity index (χ3v) is 3.19. The van der Waals surface area contributed by atoms with Crippen LogP contribution in [0.5, 0.6) is 5.75 Å². The van der Waals surface area contributed by atoms with E-state index in [2.05, 4.69) is 10.1 Å². The molecule has 3 rings (SSSR count). The van der Waals surface area contributed by atoms with E-state index in [1.165, 1.54) is 0 Å². The number of ether oxygens (including phenoxy) is 1. The highest BCUT2D eigenvalue weighted by Crippen LogP contribution is 2.24. The molecule has 0 bridgehead atoms. The number of carbonyl (C=O) groups is 1. The van der Waals surface area contributed by atoms with Crippen LogP contribution in [0.3, 0.4) is 0 Å². The van der Waals surface area contributed by atoms with Crippen LogP contribution in [-0.2, 0) is 0 Å². The summed E-state index contributed by atoms with van der Waals surface area (Å²) in [4.78, 5) is 15.4. The summed E-state index contributed by atoms with van der Waals surface area (Å²) in [5, 5.41) is 3.96. The van der Waals surface area contributed by atoms with Gasteiger partial charge in [-0.1, -0.05) is 5.16 Å². The van der Waals surface area contributed by atoms with Gasteiger partial charge in [0.25, 0.3) is 5.89 Å². The Bertz CT molecular complexity index is 792. The van der Waals surface area contributed by atoms with E-state index in [1.54, 1.807) is 31.4 Å². The Hall–Kier alpha value is -3.15. The molecule has 3 aromatic rings. The number of methoxy groups -OCH3 is 1. The van der Waals surface area contributed by atoms with Crippen molar-refractivity contribution in [2.45, 2.75) is 0 Å². The van der Waals surface area contributed by atoms with Crippen molar-refractivity contribution in [1.29, 1.82) is 0 Å². The lowest BCUT2D eigenvalue weighted by Crippen LogP contribution is -2.10. The van der Waals surface area contributed by atoms with E-state index in [1.807, 2.05) is 24.3 Å². The standard InChI is InChI=1S/C16H13N3O3/c1-21-13-8-6-11(7-9-13)15-18-16(22-19-15)12-4-2-10(3-5-12)14(17)20/h2-9H,1H3,(H2,17,20). The third-order valence-electron chi connectivity index (χ3n) is 3.19. The normalized spacial score (nSPS) is 10.4. The third kappa shape index (κ3) is 2.67. The van der Waals surface area contributed by atoms with Gasteiger partial charge in [-0.3, -0.25) is 4.79 Å². The molecule has 1 aromatic heterocycles. The smallest absolute Gasteiger partial charge is 0.258 e. The van der Waals surface area contributed by atoms with E-state index in [-0.39, 0.29) is 0 Å². The Morgan fingerprint density at radius 2 is 1.68 bits per heavy atom. The maximum Gasteiger partial charge on any atom is 0.258 e. The number of primary amides is 1. The first-order chi connectivity index (χ1) is 10.7. The Kier molecular flexibility index (Phi) is 3.57. The van der Waals surface area contributed by atoms with Gasteiger partial charge in [-0.05, 0) is 48.5 Å². The number of rotatable bonds is 4. The summed E-state index contributed by atoms with van der Waals surface area (Å²) in [6.45, 7) is 0. The lowest BCUT2D eigenvalue weighted by atomic mass is 10.1. The summed E-state index contributed by atoms with van der Waals surface area (Å²) in [5.41, 5.74) is 7.18. The van der Waals surface area contributed by atoms with Gasteiger partial charge in [0.05, 0.1) is 7.11 Å². The highest BCUT2D eigenvalue weighted by Gasteiger charge is 2.11. The molecule has 0 saturated heterocycles. The van der Waals surface area contributed by atoms with Gasteiger partial charge < -0.3 is 15.0 Å². The molecule has 6 nitrogen and oxygen atoms in total. The Morgan fingerprint density at radius 3 is 2.27 bits per heavy atom. The van der Waals surface area contributed by atoms with Crippen LogP contribution >= 0.6 is 0 Å². The summed E-state index contributed by atoms with van der Waals surface area (Å²) >= 11 is 0. The maximum atomic E-state index is 11.1. The van der Waals surface area contributed by atoms with Gasteiger partial charge in [0.1, 0.15) is 5.75 Å². The summed E-state index contributed by atoms with van der Waals surface area (Å²) in [7, 11) is 1.61. The van der Waals surface area contributed by atoms with Crippen molar-refractivity contribution >= 4 is 5.91 Å². The van der Waals surface area contributed by atoms with Crippen LogP contribution < -0.4 is 10.5 Å². The van der Waals surface area contributed by atoms with Crippen LogP contribution in [-0.4, -0.2) is 23.2 Å². The molecule has 0 aliphatic heterocycles. The predicted octanol–water partition coefficient (Wildman–Crippen LogP) is 2.51. The minimum absolute atomic E-state index is 0.377. The number of carbonyl (C=O) groups excluding carboxylic acids is 1. The zero-order valence-corrected chi connectivity index (χ0v) is 11.8. The van der Waals surface area contributed by atoms with Crippen molar-refractivity contribution in [2.75, 3.05) is 7.11 Å². The van der Waals surface area contributed by atoms with Crippen LogP contribution in [0.4, 0.5) is 0 Å². The molecule has 0 fully saturated rings. The second-order valence-electron chi connectivity index (χ2n) is 4.59. The van der Waals surface area contributed by atoms with Crippen LogP contribution in [0.1, 0.15) is 10.4 Å². The summed E-state index contributed by atoms with van der Waals surface area (Å²) in [6.07, 6.45) is 0. The van der Waals surface area contributed by atoms with E-state index in [9.17, 15) is 4.79 Å². The van der Waals surface area contributed by atoms with Crippen LogP contribution in [0.2, 0.25) is 0 Å². The fraction of sp³-hybridized carbons (Fsp3) is 0.0625. The van der Waals surface area contributed by atoms with Gasteiger partial charge >= 0.3 is 0 Å². The number of nitrogens with zero attached hydrogens (tertiary/aromatic N) is 2. The maximum absolute atomic E-state index is 11.1. The molecule has 0 atom stereocenters. The van der Waals surface area contributed by atoms with Crippen LogP contribution in [0.25, 0.3) is 22.8 Å². The minimum atomic E-state index is -0.476. The van der Waals surface area contributed by atoms with Crippen LogP contribution in [0, 0.1) is 0 Å². The predicted molar refractivity (Wildman–Crippen MR) is 80.2 cm³/mol. The number of hydrogen-bond donors (Lipinski definition) is 1. The van der Waals surface area contributed by atoms with E-state index in [0.717, 1.165) is 16.9 Å². The molecule has 2 N–H and O–H groups in total. The number of aromatic nitrogens is 2. The van der Waals surface area contributed by atoms with Crippen molar-refractivity contribution in [3.8, 4) is 28.6 Å². The van der Waals surface area contributed by atoms with E-state index in [0.29, 0.717) is 17.3 Å². The molecule has 0 unspecified atom stereocenters. The van der Waals surface area contributed by atoms with Crippen molar-refractivity contribution < 1.29 is 14.1 Å². The van der Waals surface area contributed by atoms with Gasteiger partial charge in [-0.2, -0.15) is 4.98 Å². The molecular formula is C16H13N3O3. The molecule has 0 aliphatic rings. The first-order valence-electron chi connectivity index (χ1n) is 6.56. The molecule has 0 saturated carbocycles. The molecule has 22 heavy (non-hydrogen) atoms. The second kappa shape index (κ2) is 5.69. The van der Waals surface area contributed by atoms with E-state index >= 15 is 0 Å². The number of amides is 1. The number of nitrogens with two attached hydrogens (primary N) is 1. The molecule has 2 aromatic carbocycles. The lowest BCUT2D eigenvalue weighted by molar-refractivity contribution is 0.100. The molecule has 0 radical (unpaired) electrons.